The van der Waals surface area contributed by atoms with Crippen molar-refractivity contribution in [1.29, 1.82) is 0 Å². The second kappa shape index (κ2) is 10.1. The Morgan fingerprint density at radius 1 is 1.16 bits per heavy atom. The molecule has 8 nitrogen and oxygen atoms in total. The second-order valence-electron chi connectivity index (χ2n) is 8.06. The fourth-order valence-electron chi connectivity index (χ4n) is 4.07. The molecule has 0 atom stereocenters. The Hall–Kier alpha value is -2.91. The summed E-state index contributed by atoms with van der Waals surface area (Å²) in [4.78, 5) is 28.3. The number of aryl methyl sites for hydroxylation is 1. The lowest BCUT2D eigenvalue weighted by Gasteiger charge is -2.35. The third-order valence-corrected chi connectivity index (χ3v) is 7.11. The number of aromatic nitrogens is 2. The van der Waals surface area contributed by atoms with Crippen molar-refractivity contribution in [2.75, 3.05) is 48.4 Å². The summed E-state index contributed by atoms with van der Waals surface area (Å²) in [6, 6.07) is 9.76. The van der Waals surface area contributed by atoms with Crippen LogP contribution in [-0.4, -0.2) is 53.5 Å². The van der Waals surface area contributed by atoms with Crippen LogP contribution < -0.4 is 21.5 Å². The number of hydrogen-bond donors (Lipinski definition) is 2. The van der Waals surface area contributed by atoms with Crippen LogP contribution in [0.1, 0.15) is 31.1 Å². The SMILES string of the molecule is CCc1cc2c(N3CCN(C(=O)CCCCN(N)c4ccccc4N)CC3)ncnc2s1. The van der Waals surface area contributed by atoms with Crippen LogP contribution in [0, 0.1) is 0 Å². The molecule has 9 heteroatoms. The van der Waals surface area contributed by atoms with Crippen molar-refractivity contribution in [2.45, 2.75) is 32.6 Å². The van der Waals surface area contributed by atoms with Gasteiger partial charge >= 0.3 is 0 Å². The van der Waals surface area contributed by atoms with E-state index in [0.29, 0.717) is 18.7 Å². The van der Waals surface area contributed by atoms with Gasteiger partial charge in [-0.1, -0.05) is 19.1 Å². The van der Waals surface area contributed by atoms with E-state index in [1.807, 2.05) is 29.2 Å². The molecule has 32 heavy (non-hydrogen) atoms. The van der Waals surface area contributed by atoms with Gasteiger partial charge < -0.3 is 20.5 Å². The van der Waals surface area contributed by atoms with Gasteiger partial charge in [0.1, 0.15) is 17.0 Å². The number of nitrogen functional groups attached to an aromatic ring is 1. The van der Waals surface area contributed by atoms with Gasteiger partial charge in [-0.3, -0.25) is 4.79 Å². The maximum Gasteiger partial charge on any atom is 0.222 e. The fourth-order valence-corrected chi connectivity index (χ4v) is 5.00. The first kappa shape index (κ1) is 22.3. The number of unbranched alkanes of at least 4 members (excludes halogenated alkanes) is 1. The quantitative estimate of drug-likeness (QED) is 0.234. The molecular formula is C23H31N7OS. The minimum atomic E-state index is 0.212. The van der Waals surface area contributed by atoms with E-state index in [-0.39, 0.29) is 5.91 Å². The number of hydrazine groups is 1. The van der Waals surface area contributed by atoms with Crippen molar-refractivity contribution in [2.24, 2.45) is 5.84 Å². The highest BCUT2D eigenvalue weighted by molar-refractivity contribution is 7.18. The minimum absolute atomic E-state index is 0.212. The second-order valence-corrected chi connectivity index (χ2v) is 9.17. The van der Waals surface area contributed by atoms with Gasteiger partial charge in [0.25, 0.3) is 0 Å². The third kappa shape index (κ3) is 4.94. The molecule has 1 fully saturated rings. The highest BCUT2D eigenvalue weighted by Crippen LogP contribution is 2.31. The zero-order valence-electron chi connectivity index (χ0n) is 18.5. The van der Waals surface area contributed by atoms with Crippen molar-refractivity contribution in [3.63, 3.8) is 0 Å². The molecule has 4 N–H and O–H groups in total. The number of amides is 1. The minimum Gasteiger partial charge on any atom is -0.397 e. The number of para-hydroxylation sites is 2. The van der Waals surface area contributed by atoms with E-state index in [0.717, 1.165) is 67.2 Å². The topological polar surface area (TPSA) is 105 Å². The van der Waals surface area contributed by atoms with Gasteiger partial charge in [-0.15, -0.1) is 11.3 Å². The number of hydrogen-bond acceptors (Lipinski definition) is 8. The highest BCUT2D eigenvalue weighted by atomic mass is 32.1. The Kier molecular flexibility index (Phi) is 7.06. The molecule has 1 saturated heterocycles. The number of fused-ring (bicyclic) bond motifs is 1. The van der Waals surface area contributed by atoms with Crippen LogP contribution in [0.5, 0.6) is 0 Å². The number of carbonyl (C=O) groups excluding carboxylic acids is 1. The molecule has 2 aromatic heterocycles. The van der Waals surface area contributed by atoms with E-state index >= 15 is 0 Å². The van der Waals surface area contributed by atoms with E-state index in [4.69, 9.17) is 11.6 Å². The lowest BCUT2D eigenvalue weighted by molar-refractivity contribution is -0.131. The van der Waals surface area contributed by atoms with E-state index < -0.39 is 0 Å². The molecule has 0 unspecified atom stereocenters. The molecule has 170 valence electrons. The molecule has 1 aromatic carbocycles. The first-order valence-electron chi connectivity index (χ1n) is 11.2. The molecule has 0 saturated carbocycles. The van der Waals surface area contributed by atoms with Crippen molar-refractivity contribution in [3.8, 4) is 0 Å². The van der Waals surface area contributed by atoms with Crippen LogP contribution >= 0.6 is 11.3 Å². The first-order chi connectivity index (χ1) is 15.6. The van der Waals surface area contributed by atoms with Crippen LogP contribution in [0.15, 0.2) is 36.7 Å². The smallest absolute Gasteiger partial charge is 0.222 e. The lowest BCUT2D eigenvalue weighted by atomic mass is 10.2. The number of nitrogens with zero attached hydrogens (tertiary/aromatic N) is 5. The Morgan fingerprint density at radius 2 is 1.94 bits per heavy atom. The molecule has 1 aliphatic rings. The average molecular weight is 454 g/mol. The number of rotatable bonds is 8. The molecule has 0 radical (unpaired) electrons. The van der Waals surface area contributed by atoms with Gasteiger partial charge in [0, 0.05) is 44.0 Å². The predicted octanol–water partition coefficient (Wildman–Crippen LogP) is 3.04. The van der Waals surface area contributed by atoms with Crippen molar-refractivity contribution in [3.05, 3.63) is 41.5 Å². The number of carbonyl (C=O) groups is 1. The van der Waals surface area contributed by atoms with E-state index in [2.05, 4.69) is 27.9 Å². The van der Waals surface area contributed by atoms with Gasteiger partial charge in [0.05, 0.1) is 16.8 Å². The molecular weight excluding hydrogens is 422 g/mol. The van der Waals surface area contributed by atoms with Gasteiger partial charge in [0.2, 0.25) is 5.91 Å². The van der Waals surface area contributed by atoms with E-state index in [9.17, 15) is 4.79 Å². The maximum absolute atomic E-state index is 12.7. The standard InChI is InChI=1S/C23H31N7OS/c1-2-17-15-18-22(26-16-27-23(18)32-17)29-13-11-28(12-14-29)21(31)9-5-6-10-30(25)20-8-4-3-7-19(20)24/h3-4,7-8,15-16H,2,5-6,9-14,24-25H2,1H3. The number of piperazine rings is 1. The molecule has 1 amide bonds. The number of anilines is 3. The summed E-state index contributed by atoms with van der Waals surface area (Å²) in [6.45, 7) is 5.85. The molecule has 0 aliphatic carbocycles. The number of thiophene rings is 1. The average Bonchev–Trinajstić information content (AvgIpc) is 3.25. The molecule has 4 rings (SSSR count). The van der Waals surface area contributed by atoms with Crippen LogP contribution in [0.3, 0.4) is 0 Å². The van der Waals surface area contributed by atoms with Crippen LogP contribution in [0.25, 0.3) is 10.2 Å². The Bertz CT molecular complexity index is 1060. The molecule has 0 spiro atoms. The monoisotopic (exact) mass is 453 g/mol. The molecule has 0 bridgehead atoms. The summed E-state index contributed by atoms with van der Waals surface area (Å²) >= 11 is 1.73. The normalized spacial score (nSPS) is 14.2. The van der Waals surface area contributed by atoms with Gasteiger partial charge in [-0.05, 0) is 37.5 Å². The summed E-state index contributed by atoms with van der Waals surface area (Å²) in [5, 5.41) is 2.79. The zero-order valence-corrected chi connectivity index (χ0v) is 19.4. The third-order valence-electron chi connectivity index (χ3n) is 5.93. The summed E-state index contributed by atoms with van der Waals surface area (Å²) in [5.74, 6) is 7.32. The zero-order chi connectivity index (χ0) is 22.5. The van der Waals surface area contributed by atoms with Crippen LogP contribution in [0.4, 0.5) is 17.2 Å². The highest BCUT2D eigenvalue weighted by Gasteiger charge is 2.23. The largest absolute Gasteiger partial charge is 0.397 e. The summed E-state index contributed by atoms with van der Waals surface area (Å²) in [7, 11) is 0. The number of benzene rings is 1. The van der Waals surface area contributed by atoms with Gasteiger partial charge in [-0.2, -0.15) is 0 Å². The number of nitrogens with two attached hydrogens (primary N) is 2. The van der Waals surface area contributed by atoms with Crippen molar-refractivity contribution in [1.82, 2.24) is 14.9 Å². The molecule has 1 aliphatic heterocycles. The predicted molar refractivity (Wildman–Crippen MR) is 132 cm³/mol. The summed E-state index contributed by atoms with van der Waals surface area (Å²) in [6.07, 6.45) is 4.84. The summed E-state index contributed by atoms with van der Waals surface area (Å²) in [5.41, 5.74) is 7.46. The van der Waals surface area contributed by atoms with E-state index in [1.165, 1.54) is 4.88 Å². The first-order valence-corrected chi connectivity index (χ1v) is 12.0. The van der Waals surface area contributed by atoms with Crippen molar-refractivity contribution >= 4 is 44.7 Å². The van der Waals surface area contributed by atoms with Gasteiger partial charge in [0.15, 0.2) is 0 Å². The Balaban J connectivity index is 1.24. The lowest BCUT2D eigenvalue weighted by Crippen LogP contribution is -2.49. The van der Waals surface area contributed by atoms with Crippen LogP contribution in [-0.2, 0) is 11.2 Å². The molecule has 3 heterocycles. The van der Waals surface area contributed by atoms with Crippen molar-refractivity contribution < 1.29 is 4.79 Å². The Labute approximate surface area is 192 Å². The van der Waals surface area contributed by atoms with Gasteiger partial charge in [-0.25, -0.2) is 15.8 Å². The van der Waals surface area contributed by atoms with E-state index in [1.54, 1.807) is 22.7 Å². The fraction of sp³-hybridized carbons (Fsp3) is 0.435. The maximum atomic E-state index is 12.7. The molecule has 3 aromatic rings. The van der Waals surface area contributed by atoms with Crippen LogP contribution in [0.2, 0.25) is 0 Å². The summed E-state index contributed by atoms with van der Waals surface area (Å²) < 4.78 is 0. The Morgan fingerprint density at radius 3 is 2.69 bits per heavy atom.